The molecule has 2 N–H and O–H groups in total. The Morgan fingerprint density at radius 2 is 2.17 bits per heavy atom. The summed E-state index contributed by atoms with van der Waals surface area (Å²) in [7, 11) is 0. The van der Waals surface area contributed by atoms with Crippen molar-refractivity contribution in [2.24, 2.45) is 5.92 Å². The van der Waals surface area contributed by atoms with Crippen LogP contribution in [0, 0.1) is 5.92 Å². The number of ether oxygens (including phenoxy) is 1. The van der Waals surface area contributed by atoms with Gasteiger partial charge in [0.05, 0.1) is 5.66 Å². The molecule has 2 aliphatic rings. The highest BCUT2D eigenvalue weighted by atomic mass is 16.6. The topological polar surface area (TPSA) is 61.8 Å². The molecule has 0 bridgehead atoms. The van der Waals surface area contributed by atoms with Crippen molar-refractivity contribution in [2.45, 2.75) is 51.3 Å². The maximum atomic E-state index is 11.8. The highest BCUT2D eigenvalue weighted by molar-refractivity contribution is 5.69. The molecule has 1 atom stereocenters. The van der Waals surface area contributed by atoms with E-state index in [2.05, 4.69) is 10.2 Å². The van der Waals surface area contributed by atoms with Gasteiger partial charge in [-0.15, -0.1) is 0 Å². The third-order valence-electron chi connectivity index (χ3n) is 3.61. The molecule has 5 nitrogen and oxygen atoms in total. The fourth-order valence-corrected chi connectivity index (χ4v) is 2.50. The molecule has 1 amide bonds. The first-order chi connectivity index (χ1) is 8.35. The Balaban J connectivity index is 1.87. The fourth-order valence-electron chi connectivity index (χ4n) is 2.50. The summed E-state index contributed by atoms with van der Waals surface area (Å²) in [6.07, 6.45) is 2.62. The first-order valence-electron chi connectivity index (χ1n) is 6.72. The fraction of sp³-hybridized carbons (Fsp3) is 0.923. The van der Waals surface area contributed by atoms with Gasteiger partial charge in [0.25, 0.3) is 0 Å². The van der Waals surface area contributed by atoms with Crippen LogP contribution < -0.4 is 5.32 Å². The van der Waals surface area contributed by atoms with E-state index in [-0.39, 0.29) is 18.4 Å². The van der Waals surface area contributed by atoms with E-state index < -0.39 is 5.60 Å². The summed E-state index contributed by atoms with van der Waals surface area (Å²) >= 11 is 0. The Bertz CT molecular complexity index is 321. The van der Waals surface area contributed by atoms with Gasteiger partial charge in [-0.3, -0.25) is 4.90 Å². The zero-order valence-electron chi connectivity index (χ0n) is 11.5. The Hall–Kier alpha value is -0.810. The van der Waals surface area contributed by atoms with Crippen molar-refractivity contribution in [2.75, 3.05) is 19.7 Å². The predicted molar refractivity (Wildman–Crippen MR) is 68.1 cm³/mol. The number of hydrogen-bond donors (Lipinski definition) is 2. The van der Waals surface area contributed by atoms with Crippen LogP contribution in [-0.2, 0) is 4.74 Å². The number of aliphatic hydroxyl groups is 1. The lowest BCUT2D eigenvalue weighted by Crippen LogP contribution is -2.51. The van der Waals surface area contributed by atoms with Gasteiger partial charge in [-0.25, -0.2) is 4.79 Å². The molecule has 0 spiro atoms. The summed E-state index contributed by atoms with van der Waals surface area (Å²) in [5.74, 6) is 0.350. The van der Waals surface area contributed by atoms with Gasteiger partial charge >= 0.3 is 6.09 Å². The standard InChI is InChI=1S/C13H24N2O3/c1-12(2,3)18-11(17)14-13(5-6-13)15-7-4-10(8-15)9-16/h10,16H,4-9H2,1-3H3,(H,14,17). The molecule has 0 aromatic carbocycles. The quantitative estimate of drug-likeness (QED) is 0.799. The van der Waals surface area contributed by atoms with Crippen LogP contribution in [0.25, 0.3) is 0 Å². The van der Waals surface area contributed by atoms with E-state index in [1.165, 1.54) is 0 Å². The van der Waals surface area contributed by atoms with Crippen LogP contribution in [0.1, 0.15) is 40.0 Å². The maximum Gasteiger partial charge on any atom is 0.409 e. The molecule has 18 heavy (non-hydrogen) atoms. The Kier molecular flexibility index (Phi) is 3.56. The van der Waals surface area contributed by atoms with Crippen molar-refractivity contribution in [3.8, 4) is 0 Å². The molecule has 1 saturated heterocycles. The largest absolute Gasteiger partial charge is 0.444 e. The van der Waals surface area contributed by atoms with Crippen molar-refractivity contribution >= 4 is 6.09 Å². The summed E-state index contributed by atoms with van der Waals surface area (Å²) in [5, 5.41) is 12.2. The molecule has 0 aromatic rings. The van der Waals surface area contributed by atoms with Crippen LogP contribution in [0.4, 0.5) is 4.79 Å². The minimum atomic E-state index is -0.460. The van der Waals surface area contributed by atoms with Crippen LogP contribution >= 0.6 is 0 Å². The highest BCUT2D eigenvalue weighted by Gasteiger charge is 2.51. The molecule has 2 fully saturated rings. The maximum absolute atomic E-state index is 11.8. The first kappa shape index (κ1) is 13.6. The SMILES string of the molecule is CC(C)(C)OC(=O)NC1(N2CCC(CO)C2)CC1. The molecular formula is C13H24N2O3. The van der Waals surface area contributed by atoms with E-state index in [1.807, 2.05) is 20.8 Å². The molecule has 0 radical (unpaired) electrons. The number of nitrogens with one attached hydrogen (secondary N) is 1. The summed E-state index contributed by atoms with van der Waals surface area (Å²) < 4.78 is 5.30. The lowest BCUT2D eigenvalue weighted by atomic mass is 10.1. The second-order valence-corrected chi connectivity index (χ2v) is 6.44. The van der Waals surface area contributed by atoms with Crippen LogP contribution in [0.2, 0.25) is 0 Å². The Morgan fingerprint density at radius 1 is 1.50 bits per heavy atom. The third kappa shape index (κ3) is 3.14. The van der Waals surface area contributed by atoms with E-state index >= 15 is 0 Å². The molecule has 1 aliphatic heterocycles. The van der Waals surface area contributed by atoms with Crippen molar-refractivity contribution in [1.82, 2.24) is 10.2 Å². The van der Waals surface area contributed by atoms with Gasteiger partial charge in [0, 0.05) is 19.7 Å². The first-order valence-corrected chi connectivity index (χ1v) is 6.72. The molecule has 0 aromatic heterocycles. The van der Waals surface area contributed by atoms with Crippen LogP contribution in [0.5, 0.6) is 0 Å². The summed E-state index contributed by atoms with van der Waals surface area (Å²) in [6.45, 7) is 7.64. The number of hydrogen-bond acceptors (Lipinski definition) is 4. The predicted octanol–water partition coefficient (Wildman–Crippen LogP) is 1.32. The minimum absolute atomic E-state index is 0.202. The second-order valence-electron chi connectivity index (χ2n) is 6.44. The van der Waals surface area contributed by atoms with E-state index in [0.29, 0.717) is 5.92 Å². The molecule has 1 unspecified atom stereocenters. The van der Waals surface area contributed by atoms with Gasteiger partial charge in [0.2, 0.25) is 0 Å². The molecular weight excluding hydrogens is 232 g/mol. The summed E-state index contributed by atoms with van der Waals surface area (Å²) in [5.41, 5.74) is -0.662. The number of nitrogens with zero attached hydrogens (tertiary/aromatic N) is 1. The highest BCUT2D eigenvalue weighted by Crippen LogP contribution is 2.42. The molecule has 1 heterocycles. The average Bonchev–Trinajstić information content (AvgIpc) is 2.85. The number of rotatable bonds is 3. The molecule has 5 heteroatoms. The molecule has 1 saturated carbocycles. The number of carbonyl (C=O) groups excluding carboxylic acids is 1. The van der Waals surface area contributed by atoms with Gasteiger partial charge < -0.3 is 15.2 Å². The smallest absolute Gasteiger partial charge is 0.409 e. The van der Waals surface area contributed by atoms with Crippen LogP contribution in [-0.4, -0.2) is 47.1 Å². The second kappa shape index (κ2) is 4.70. The van der Waals surface area contributed by atoms with Gasteiger partial charge in [-0.1, -0.05) is 0 Å². The number of alkyl carbamates (subject to hydrolysis) is 1. The monoisotopic (exact) mass is 256 g/mol. The molecule has 1 aliphatic carbocycles. The van der Waals surface area contributed by atoms with E-state index in [0.717, 1.165) is 32.4 Å². The lowest BCUT2D eigenvalue weighted by molar-refractivity contribution is 0.0402. The normalized spacial score (nSPS) is 27.0. The zero-order chi connectivity index (χ0) is 13.4. The van der Waals surface area contributed by atoms with Crippen molar-refractivity contribution in [3.63, 3.8) is 0 Å². The Labute approximate surface area is 108 Å². The molecule has 2 rings (SSSR count). The summed E-state index contributed by atoms with van der Waals surface area (Å²) in [6, 6.07) is 0. The van der Waals surface area contributed by atoms with Gasteiger partial charge in [-0.05, 0) is 46.0 Å². The van der Waals surface area contributed by atoms with Crippen LogP contribution in [0.15, 0.2) is 0 Å². The third-order valence-corrected chi connectivity index (χ3v) is 3.61. The Morgan fingerprint density at radius 3 is 2.61 bits per heavy atom. The minimum Gasteiger partial charge on any atom is -0.444 e. The van der Waals surface area contributed by atoms with Crippen molar-refractivity contribution < 1.29 is 14.6 Å². The van der Waals surface area contributed by atoms with E-state index in [1.54, 1.807) is 0 Å². The van der Waals surface area contributed by atoms with Gasteiger partial charge in [0.15, 0.2) is 0 Å². The van der Waals surface area contributed by atoms with Crippen molar-refractivity contribution in [1.29, 1.82) is 0 Å². The number of carbonyl (C=O) groups is 1. The number of amides is 1. The summed E-state index contributed by atoms with van der Waals surface area (Å²) in [4.78, 5) is 14.1. The molecule has 104 valence electrons. The zero-order valence-corrected chi connectivity index (χ0v) is 11.5. The van der Waals surface area contributed by atoms with E-state index in [9.17, 15) is 4.79 Å². The lowest BCUT2D eigenvalue weighted by Gasteiger charge is -2.30. The van der Waals surface area contributed by atoms with Gasteiger partial charge in [-0.2, -0.15) is 0 Å². The van der Waals surface area contributed by atoms with E-state index in [4.69, 9.17) is 9.84 Å². The number of likely N-dealkylation sites (tertiary alicyclic amines) is 1. The average molecular weight is 256 g/mol. The van der Waals surface area contributed by atoms with Gasteiger partial charge in [0.1, 0.15) is 5.60 Å². The van der Waals surface area contributed by atoms with Crippen molar-refractivity contribution in [3.05, 3.63) is 0 Å². The number of aliphatic hydroxyl groups excluding tert-OH is 1. The van der Waals surface area contributed by atoms with Crippen LogP contribution in [0.3, 0.4) is 0 Å².